The largest absolute Gasteiger partial charge is 0.469 e. The number of carbonyl (C=O) groups is 1. The minimum atomic E-state index is -0.171. The maximum atomic E-state index is 11.3. The van der Waals surface area contributed by atoms with Crippen molar-refractivity contribution in [1.82, 2.24) is 9.97 Å². The molecule has 0 atom stereocenters. The van der Waals surface area contributed by atoms with Crippen LogP contribution in [0.1, 0.15) is 25.7 Å². The minimum absolute atomic E-state index is 0.171. The van der Waals surface area contributed by atoms with Gasteiger partial charge in [0.25, 0.3) is 0 Å². The highest BCUT2D eigenvalue weighted by Crippen LogP contribution is 2.42. The standard InChI is InChI=1S/C25H24ClN3O3/c1-31-20(30)10-6-3-7-15-27-24-22-21(17-11-13-19(26)14-12-17)23(18-8-4-2-5-9-18)32-25(22)29-16-28-24/h2,4-5,8-9,11-14,16H,3,6-7,10,15H2,1H3,(H,27,28,29). The molecule has 0 aliphatic heterocycles. The molecule has 0 spiro atoms. The molecule has 7 heteroatoms. The zero-order valence-corrected chi connectivity index (χ0v) is 18.6. The van der Waals surface area contributed by atoms with Crippen molar-refractivity contribution in [2.45, 2.75) is 25.7 Å². The second kappa shape index (κ2) is 10.3. The van der Waals surface area contributed by atoms with E-state index < -0.39 is 0 Å². The van der Waals surface area contributed by atoms with Crippen LogP contribution in [0.4, 0.5) is 5.82 Å². The molecule has 2 aromatic carbocycles. The lowest BCUT2D eigenvalue weighted by molar-refractivity contribution is -0.140. The van der Waals surface area contributed by atoms with Crippen molar-refractivity contribution in [3.8, 4) is 22.5 Å². The number of ether oxygens (including phenoxy) is 1. The van der Waals surface area contributed by atoms with E-state index in [-0.39, 0.29) is 5.97 Å². The molecule has 6 nitrogen and oxygen atoms in total. The van der Waals surface area contributed by atoms with E-state index in [1.807, 2.05) is 54.6 Å². The number of unbranched alkanes of at least 4 members (excludes halogenated alkanes) is 2. The monoisotopic (exact) mass is 449 g/mol. The molecule has 0 aliphatic rings. The van der Waals surface area contributed by atoms with Crippen LogP contribution in [0.3, 0.4) is 0 Å². The van der Waals surface area contributed by atoms with Gasteiger partial charge in [-0.1, -0.05) is 60.5 Å². The van der Waals surface area contributed by atoms with Gasteiger partial charge >= 0.3 is 5.97 Å². The first-order chi connectivity index (χ1) is 15.7. The van der Waals surface area contributed by atoms with Crippen molar-refractivity contribution in [3.63, 3.8) is 0 Å². The third-order valence-electron chi connectivity index (χ3n) is 5.23. The Hall–Kier alpha value is -3.38. The molecule has 2 heterocycles. The van der Waals surface area contributed by atoms with Gasteiger partial charge in [0.15, 0.2) is 0 Å². The summed E-state index contributed by atoms with van der Waals surface area (Å²) in [5.74, 6) is 1.29. The summed E-state index contributed by atoms with van der Waals surface area (Å²) in [6, 6.07) is 17.6. The topological polar surface area (TPSA) is 77.2 Å². The fourth-order valence-corrected chi connectivity index (χ4v) is 3.76. The summed E-state index contributed by atoms with van der Waals surface area (Å²) in [6.07, 6.45) is 4.57. The van der Waals surface area contributed by atoms with E-state index >= 15 is 0 Å². The highest BCUT2D eigenvalue weighted by molar-refractivity contribution is 6.30. The van der Waals surface area contributed by atoms with Crippen molar-refractivity contribution >= 4 is 34.5 Å². The number of fused-ring (bicyclic) bond motifs is 1. The van der Waals surface area contributed by atoms with Crippen LogP contribution in [-0.4, -0.2) is 29.6 Å². The van der Waals surface area contributed by atoms with E-state index in [1.165, 1.54) is 13.4 Å². The van der Waals surface area contributed by atoms with Crippen LogP contribution < -0.4 is 5.32 Å². The number of rotatable bonds is 9. The number of esters is 1. The average molecular weight is 450 g/mol. The lowest BCUT2D eigenvalue weighted by Crippen LogP contribution is -2.05. The maximum absolute atomic E-state index is 11.3. The van der Waals surface area contributed by atoms with Gasteiger partial charge in [-0.15, -0.1) is 0 Å². The summed E-state index contributed by atoms with van der Waals surface area (Å²) in [5, 5.41) is 4.93. The summed E-state index contributed by atoms with van der Waals surface area (Å²) in [5.41, 5.74) is 3.39. The molecule has 2 aromatic heterocycles. The van der Waals surface area contributed by atoms with Gasteiger partial charge in [0.2, 0.25) is 5.71 Å². The minimum Gasteiger partial charge on any atom is -0.469 e. The van der Waals surface area contributed by atoms with Gasteiger partial charge in [0, 0.05) is 29.1 Å². The molecule has 4 rings (SSSR count). The third kappa shape index (κ3) is 4.92. The second-order valence-electron chi connectivity index (χ2n) is 7.40. The lowest BCUT2D eigenvalue weighted by atomic mass is 9.99. The van der Waals surface area contributed by atoms with Gasteiger partial charge in [0.05, 0.1) is 12.5 Å². The van der Waals surface area contributed by atoms with E-state index in [0.29, 0.717) is 17.2 Å². The zero-order valence-electron chi connectivity index (χ0n) is 17.8. The average Bonchev–Trinajstić information content (AvgIpc) is 3.22. The van der Waals surface area contributed by atoms with Gasteiger partial charge in [-0.05, 0) is 30.5 Å². The first kappa shape index (κ1) is 21.8. The number of anilines is 1. The molecule has 1 N–H and O–H groups in total. The molecule has 0 saturated heterocycles. The number of carbonyl (C=O) groups excluding carboxylic acids is 1. The predicted octanol–water partition coefficient (Wildman–Crippen LogP) is 6.36. The Morgan fingerprint density at radius 2 is 1.78 bits per heavy atom. The number of aromatic nitrogens is 2. The van der Waals surface area contributed by atoms with Crippen LogP contribution in [0.2, 0.25) is 5.02 Å². The van der Waals surface area contributed by atoms with E-state index in [9.17, 15) is 4.79 Å². The van der Waals surface area contributed by atoms with E-state index in [0.717, 1.165) is 59.5 Å². The van der Waals surface area contributed by atoms with Crippen molar-refractivity contribution in [2.75, 3.05) is 19.0 Å². The van der Waals surface area contributed by atoms with Crippen LogP contribution in [0.15, 0.2) is 65.3 Å². The van der Waals surface area contributed by atoms with Crippen molar-refractivity contribution < 1.29 is 13.9 Å². The van der Waals surface area contributed by atoms with Crippen LogP contribution >= 0.6 is 11.6 Å². The number of nitrogens with one attached hydrogen (secondary N) is 1. The maximum Gasteiger partial charge on any atom is 0.305 e. The molecule has 0 bridgehead atoms. The van der Waals surface area contributed by atoms with Crippen LogP contribution in [0.25, 0.3) is 33.6 Å². The lowest BCUT2D eigenvalue weighted by Gasteiger charge is -2.09. The molecular formula is C25H24ClN3O3. The molecule has 32 heavy (non-hydrogen) atoms. The Balaban J connectivity index is 1.65. The van der Waals surface area contributed by atoms with Crippen LogP contribution in [-0.2, 0) is 9.53 Å². The first-order valence-electron chi connectivity index (χ1n) is 10.6. The van der Waals surface area contributed by atoms with Crippen molar-refractivity contribution in [1.29, 1.82) is 0 Å². The highest BCUT2D eigenvalue weighted by Gasteiger charge is 2.22. The van der Waals surface area contributed by atoms with Crippen molar-refractivity contribution in [3.05, 3.63) is 65.9 Å². The molecule has 0 radical (unpaired) electrons. The summed E-state index contributed by atoms with van der Waals surface area (Å²) >= 11 is 6.13. The number of benzene rings is 2. The van der Waals surface area contributed by atoms with Gasteiger partial charge in [-0.3, -0.25) is 4.79 Å². The Labute approximate surface area is 191 Å². The van der Waals surface area contributed by atoms with Crippen LogP contribution in [0, 0.1) is 0 Å². The summed E-state index contributed by atoms with van der Waals surface area (Å²) in [6.45, 7) is 0.721. The zero-order chi connectivity index (χ0) is 22.3. The van der Waals surface area contributed by atoms with Gasteiger partial charge < -0.3 is 14.5 Å². The molecule has 0 unspecified atom stereocenters. The molecule has 0 fully saturated rings. The third-order valence-corrected chi connectivity index (χ3v) is 5.49. The summed E-state index contributed by atoms with van der Waals surface area (Å²) in [7, 11) is 1.41. The van der Waals surface area contributed by atoms with Gasteiger partial charge in [-0.25, -0.2) is 9.97 Å². The Kier molecular flexibility index (Phi) is 7.02. The summed E-state index contributed by atoms with van der Waals surface area (Å²) in [4.78, 5) is 20.1. The molecule has 4 aromatic rings. The fourth-order valence-electron chi connectivity index (χ4n) is 3.63. The normalized spacial score (nSPS) is 10.9. The fraction of sp³-hybridized carbons (Fsp3) is 0.240. The summed E-state index contributed by atoms with van der Waals surface area (Å²) < 4.78 is 10.9. The van der Waals surface area contributed by atoms with Gasteiger partial charge in [-0.2, -0.15) is 0 Å². The predicted molar refractivity (Wildman–Crippen MR) is 127 cm³/mol. The number of hydrogen-bond acceptors (Lipinski definition) is 6. The SMILES string of the molecule is COC(=O)CCCCCNc1ncnc2oc(-c3ccccc3)c(-c3ccc(Cl)cc3)c12. The molecule has 164 valence electrons. The molecule has 0 aliphatic carbocycles. The van der Waals surface area contributed by atoms with Crippen molar-refractivity contribution in [2.24, 2.45) is 0 Å². The molecule has 0 amide bonds. The Morgan fingerprint density at radius 1 is 1.00 bits per heavy atom. The Bertz CT molecular complexity index is 1190. The van der Waals surface area contributed by atoms with E-state index in [4.69, 9.17) is 16.0 Å². The molecular weight excluding hydrogens is 426 g/mol. The van der Waals surface area contributed by atoms with Gasteiger partial charge in [0.1, 0.15) is 17.9 Å². The number of furan rings is 1. The quantitative estimate of drug-likeness (QED) is 0.237. The number of nitrogens with zero attached hydrogens (tertiary/aromatic N) is 2. The number of halogens is 1. The van der Waals surface area contributed by atoms with Crippen LogP contribution in [0.5, 0.6) is 0 Å². The molecule has 0 saturated carbocycles. The number of hydrogen-bond donors (Lipinski definition) is 1. The number of methoxy groups -OCH3 is 1. The second-order valence-corrected chi connectivity index (χ2v) is 7.83. The highest BCUT2D eigenvalue weighted by atomic mass is 35.5. The Morgan fingerprint density at radius 3 is 2.53 bits per heavy atom. The smallest absolute Gasteiger partial charge is 0.305 e. The van der Waals surface area contributed by atoms with E-state index in [2.05, 4.69) is 20.0 Å². The first-order valence-corrected chi connectivity index (χ1v) is 10.9. The van der Waals surface area contributed by atoms with E-state index in [1.54, 1.807) is 0 Å².